The van der Waals surface area contributed by atoms with Crippen LogP contribution in [-0.4, -0.2) is 24.2 Å². The van der Waals surface area contributed by atoms with Crippen LogP contribution in [0.4, 0.5) is 0 Å². The van der Waals surface area contributed by atoms with Gasteiger partial charge in [0.05, 0.1) is 0 Å². The van der Waals surface area contributed by atoms with E-state index in [-0.39, 0.29) is 0 Å². The van der Waals surface area contributed by atoms with Crippen molar-refractivity contribution >= 4 is 20.8 Å². The second-order valence-corrected chi connectivity index (χ2v) is 4.88. The molecule has 16 heavy (non-hydrogen) atoms. The third-order valence-electron chi connectivity index (χ3n) is 2.24. The number of hydrogen-bond acceptors (Lipinski definition) is 2. The van der Waals surface area contributed by atoms with E-state index in [0.29, 0.717) is 0 Å². The second-order valence-electron chi connectivity index (χ2n) is 3.49. The van der Waals surface area contributed by atoms with Crippen LogP contribution in [0.15, 0.2) is 42.5 Å². The molecule has 2 aromatic carbocycles. The summed E-state index contributed by atoms with van der Waals surface area (Å²) in [6, 6.07) is 14.8. The lowest BCUT2D eigenvalue weighted by molar-refractivity contribution is 0.309. The third-order valence-corrected chi connectivity index (χ3v) is 2.71. The van der Waals surface area contributed by atoms with Gasteiger partial charge in [0.1, 0.15) is 0 Å². The lowest BCUT2D eigenvalue weighted by Crippen LogP contribution is -1.93. The van der Waals surface area contributed by atoms with E-state index in [4.69, 9.17) is 0 Å². The summed E-state index contributed by atoms with van der Waals surface area (Å²) < 4.78 is 9.22. The van der Waals surface area contributed by atoms with Crippen molar-refractivity contribution < 1.29 is 8.85 Å². The highest BCUT2D eigenvalue weighted by atomic mass is 28.3. The fourth-order valence-corrected chi connectivity index (χ4v) is 1.74. The van der Waals surface area contributed by atoms with Crippen LogP contribution in [0, 0.1) is 6.92 Å². The van der Waals surface area contributed by atoms with Crippen LogP contribution in [0.5, 0.6) is 0 Å². The Labute approximate surface area is 99.3 Å². The van der Waals surface area contributed by atoms with Crippen molar-refractivity contribution in [2.45, 2.75) is 6.92 Å². The molecular formula is C13H18O2Si. The zero-order valence-electron chi connectivity index (χ0n) is 10.1. The van der Waals surface area contributed by atoms with Gasteiger partial charge in [-0.1, -0.05) is 42.5 Å². The Morgan fingerprint density at radius 2 is 1.50 bits per heavy atom. The van der Waals surface area contributed by atoms with E-state index in [9.17, 15) is 0 Å². The Morgan fingerprint density at radius 3 is 2.06 bits per heavy atom. The van der Waals surface area contributed by atoms with Crippen LogP contribution in [0.3, 0.4) is 0 Å². The van der Waals surface area contributed by atoms with Gasteiger partial charge >= 0.3 is 10.0 Å². The Hall–Kier alpha value is -1.16. The van der Waals surface area contributed by atoms with Crippen LogP contribution >= 0.6 is 0 Å². The van der Waals surface area contributed by atoms with Crippen LogP contribution in [0.1, 0.15) is 5.56 Å². The molecule has 0 aliphatic rings. The van der Waals surface area contributed by atoms with Gasteiger partial charge in [-0.15, -0.1) is 0 Å². The zero-order chi connectivity index (χ0) is 11.8. The summed E-state index contributed by atoms with van der Waals surface area (Å²) in [6.45, 7) is 2.14. The standard InChI is InChI=1S/C11H10.C2H8O2Si/c1-9-5-4-7-10-6-2-3-8-11(9)10;1-3-5-4-2/h2-8H,1H3;5H2,1-2H3. The average Bonchev–Trinajstić information content (AvgIpc) is 2.32. The smallest absolute Gasteiger partial charge is 0.303 e. The number of rotatable bonds is 2. The van der Waals surface area contributed by atoms with Gasteiger partial charge < -0.3 is 8.85 Å². The molecule has 0 bridgehead atoms. The molecule has 0 N–H and O–H groups in total. The lowest BCUT2D eigenvalue weighted by atomic mass is 10.1. The summed E-state index contributed by atoms with van der Waals surface area (Å²) >= 11 is 0. The molecule has 0 aromatic heterocycles. The first-order chi connectivity index (χ1) is 7.79. The maximum absolute atomic E-state index is 4.61. The summed E-state index contributed by atoms with van der Waals surface area (Å²) in [7, 11) is 2.73. The van der Waals surface area contributed by atoms with Gasteiger partial charge in [-0.25, -0.2) is 0 Å². The molecule has 2 nitrogen and oxygen atoms in total. The highest BCUT2D eigenvalue weighted by molar-refractivity contribution is 6.17. The van der Waals surface area contributed by atoms with Crippen LogP contribution < -0.4 is 0 Å². The van der Waals surface area contributed by atoms with Crippen molar-refractivity contribution in [1.82, 2.24) is 0 Å². The summed E-state index contributed by atoms with van der Waals surface area (Å²) in [5.74, 6) is 0. The summed E-state index contributed by atoms with van der Waals surface area (Å²) in [5.41, 5.74) is 1.35. The molecule has 86 valence electrons. The minimum absolute atomic E-state index is 0.568. The zero-order valence-corrected chi connectivity index (χ0v) is 11.5. The van der Waals surface area contributed by atoms with E-state index < -0.39 is 10.0 Å². The summed E-state index contributed by atoms with van der Waals surface area (Å²) in [5, 5.41) is 2.68. The molecule has 0 radical (unpaired) electrons. The molecule has 0 heterocycles. The van der Waals surface area contributed by atoms with Gasteiger partial charge in [0.15, 0.2) is 0 Å². The number of benzene rings is 2. The Kier molecular flexibility index (Phi) is 5.78. The van der Waals surface area contributed by atoms with Crippen molar-refractivity contribution in [2.24, 2.45) is 0 Å². The number of hydrogen-bond donors (Lipinski definition) is 0. The average molecular weight is 234 g/mol. The monoisotopic (exact) mass is 234 g/mol. The maximum Gasteiger partial charge on any atom is 0.303 e. The van der Waals surface area contributed by atoms with Crippen LogP contribution in [0.2, 0.25) is 0 Å². The molecule has 0 atom stereocenters. The number of aryl methyl sites for hydroxylation is 1. The molecule has 0 unspecified atom stereocenters. The van der Waals surface area contributed by atoms with E-state index >= 15 is 0 Å². The first-order valence-electron chi connectivity index (χ1n) is 5.22. The molecule has 0 aliphatic carbocycles. The minimum Gasteiger partial charge on any atom is -0.402 e. The molecule has 2 aromatic rings. The van der Waals surface area contributed by atoms with E-state index in [0.717, 1.165) is 0 Å². The Balaban J connectivity index is 0.000000221. The molecule has 0 amide bonds. The molecule has 0 spiro atoms. The molecule has 0 fully saturated rings. The van der Waals surface area contributed by atoms with E-state index in [1.165, 1.54) is 16.3 Å². The van der Waals surface area contributed by atoms with Gasteiger partial charge in [0, 0.05) is 14.2 Å². The quantitative estimate of drug-likeness (QED) is 0.743. The number of fused-ring (bicyclic) bond motifs is 1. The molecule has 3 heteroatoms. The molecule has 0 aliphatic heterocycles. The van der Waals surface area contributed by atoms with Gasteiger partial charge in [-0.2, -0.15) is 0 Å². The Morgan fingerprint density at radius 1 is 0.875 bits per heavy atom. The van der Waals surface area contributed by atoms with Crippen LogP contribution in [0.25, 0.3) is 10.8 Å². The van der Waals surface area contributed by atoms with Gasteiger partial charge in [-0.3, -0.25) is 0 Å². The first kappa shape index (κ1) is 12.9. The van der Waals surface area contributed by atoms with Crippen LogP contribution in [-0.2, 0) is 8.85 Å². The van der Waals surface area contributed by atoms with E-state index in [1.54, 1.807) is 14.2 Å². The fraction of sp³-hybridized carbons (Fsp3) is 0.231. The minimum atomic E-state index is -0.568. The second kappa shape index (κ2) is 7.17. The van der Waals surface area contributed by atoms with Crippen molar-refractivity contribution in [3.8, 4) is 0 Å². The molecule has 0 saturated heterocycles. The fourth-order valence-electron chi connectivity index (χ4n) is 1.51. The maximum atomic E-state index is 4.61. The van der Waals surface area contributed by atoms with Gasteiger partial charge in [0.25, 0.3) is 0 Å². The van der Waals surface area contributed by atoms with Crippen molar-refractivity contribution in [1.29, 1.82) is 0 Å². The van der Waals surface area contributed by atoms with Gasteiger partial charge in [0.2, 0.25) is 0 Å². The predicted octanol–water partition coefficient (Wildman–Crippen LogP) is 2.43. The SMILES string of the molecule is CO[SiH2]OC.Cc1cccc2ccccc12. The molecule has 0 saturated carbocycles. The van der Waals surface area contributed by atoms with E-state index in [1.807, 2.05) is 0 Å². The highest BCUT2D eigenvalue weighted by Crippen LogP contribution is 2.16. The van der Waals surface area contributed by atoms with Gasteiger partial charge in [-0.05, 0) is 23.3 Å². The molecular weight excluding hydrogens is 216 g/mol. The largest absolute Gasteiger partial charge is 0.402 e. The molecule has 2 rings (SSSR count). The summed E-state index contributed by atoms with van der Waals surface area (Å²) in [4.78, 5) is 0. The lowest BCUT2D eigenvalue weighted by Gasteiger charge is -1.98. The normalized spacial score (nSPS) is 9.69. The first-order valence-corrected chi connectivity index (χ1v) is 6.37. The topological polar surface area (TPSA) is 18.5 Å². The van der Waals surface area contributed by atoms with E-state index in [2.05, 4.69) is 58.2 Å². The van der Waals surface area contributed by atoms with Crippen molar-refractivity contribution in [2.75, 3.05) is 14.2 Å². The van der Waals surface area contributed by atoms with Crippen molar-refractivity contribution in [3.63, 3.8) is 0 Å². The highest BCUT2D eigenvalue weighted by Gasteiger charge is 1.92. The summed E-state index contributed by atoms with van der Waals surface area (Å²) in [6.07, 6.45) is 0. The predicted molar refractivity (Wildman–Crippen MR) is 71.2 cm³/mol. The van der Waals surface area contributed by atoms with Crippen molar-refractivity contribution in [3.05, 3.63) is 48.0 Å². The third kappa shape index (κ3) is 3.77. The Bertz CT molecular complexity index is 422.